The van der Waals surface area contributed by atoms with E-state index in [-0.39, 0.29) is 0 Å². The maximum Gasteiger partial charge on any atom is 0.166 e. The molecule has 0 saturated heterocycles. The van der Waals surface area contributed by atoms with E-state index in [4.69, 9.17) is 12.2 Å². The summed E-state index contributed by atoms with van der Waals surface area (Å²) in [5, 5.41) is 7.03. The molecule has 2 N–H and O–H groups in total. The molecule has 0 atom stereocenters. The third-order valence-corrected chi connectivity index (χ3v) is 2.26. The van der Waals surface area contributed by atoms with E-state index in [0.29, 0.717) is 11.2 Å². The van der Waals surface area contributed by atoms with Crippen LogP contribution in [-0.2, 0) is 6.54 Å². The molecule has 0 aromatic heterocycles. The molecule has 0 radical (unpaired) electrons. The first-order valence-electron chi connectivity index (χ1n) is 5.18. The molecule has 1 aromatic carbocycles. The van der Waals surface area contributed by atoms with Crippen molar-refractivity contribution in [3.8, 4) is 0 Å². The maximum absolute atomic E-state index is 5.13. The van der Waals surface area contributed by atoms with E-state index in [1.165, 1.54) is 11.1 Å². The van der Waals surface area contributed by atoms with Crippen molar-refractivity contribution < 1.29 is 0 Å². The number of hydrogen-bond acceptors (Lipinski definition) is 1. The minimum Gasteiger partial charge on any atom is -0.361 e. The number of benzene rings is 1. The van der Waals surface area contributed by atoms with Crippen LogP contribution in [0.5, 0.6) is 0 Å². The average molecular weight is 222 g/mol. The van der Waals surface area contributed by atoms with Gasteiger partial charge in [-0.15, -0.1) is 0 Å². The van der Waals surface area contributed by atoms with E-state index >= 15 is 0 Å². The topological polar surface area (TPSA) is 24.1 Å². The fraction of sp³-hybridized carbons (Fsp3) is 0.417. The van der Waals surface area contributed by atoms with Gasteiger partial charge in [-0.1, -0.05) is 29.8 Å². The molecule has 0 aliphatic heterocycles. The number of thiocarbonyl (C=S) groups is 1. The van der Waals surface area contributed by atoms with Crippen LogP contribution in [0.4, 0.5) is 0 Å². The lowest BCUT2D eigenvalue weighted by Gasteiger charge is -2.13. The van der Waals surface area contributed by atoms with E-state index in [0.717, 1.165) is 6.54 Å². The van der Waals surface area contributed by atoms with Crippen LogP contribution in [0.3, 0.4) is 0 Å². The third kappa shape index (κ3) is 4.79. The Labute approximate surface area is 97.1 Å². The van der Waals surface area contributed by atoms with Crippen molar-refractivity contribution in [3.05, 3.63) is 35.4 Å². The second-order valence-electron chi connectivity index (χ2n) is 3.97. The van der Waals surface area contributed by atoms with E-state index in [1.54, 1.807) is 0 Å². The third-order valence-electron chi connectivity index (χ3n) is 1.99. The van der Waals surface area contributed by atoms with E-state index in [9.17, 15) is 0 Å². The van der Waals surface area contributed by atoms with Crippen LogP contribution in [0.2, 0.25) is 0 Å². The summed E-state index contributed by atoms with van der Waals surface area (Å²) in [5.74, 6) is 0. The summed E-state index contributed by atoms with van der Waals surface area (Å²) in [7, 11) is 0. The van der Waals surface area contributed by atoms with Crippen LogP contribution in [0.15, 0.2) is 24.3 Å². The first-order chi connectivity index (χ1) is 7.08. The first kappa shape index (κ1) is 12.0. The molecule has 0 fully saturated rings. The van der Waals surface area contributed by atoms with Crippen LogP contribution in [0.25, 0.3) is 0 Å². The second-order valence-corrected chi connectivity index (χ2v) is 4.38. The number of hydrogen-bond donors (Lipinski definition) is 2. The SMILES string of the molecule is Cc1ccc(CNC(=S)NC(C)C)cc1. The standard InChI is InChI=1S/C12H18N2S/c1-9(2)14-12(15)13-8-11-6-4-10(3)5-7-11/h4-7,9H,8H2,1-3H3,(H2,13,14,15). The van der Waals surface area contributed by atoms with Crippen molar-refractivity contribution >= 4 is 17.3 Å². The first-order valence-corrected chi connectivity index (χ1v) is 5.58. The molecular weight excluding hydrogens is 204 g/mol. The summed E-state index contributed by atoms with van der Waals surface area (Å²) in [6.45, 7) is 7.00. The monoisotopic (exact) mass is 222 g/mol. The molecule has 2 nitrogen and oxygen atoms in total. The predicted octanol–water partition coefficient (Wildman–Crippen LogP) is 2.37. The summed E-state index contributed by atoms with van der Waals surface area (Å²) in [5.41, 5.74) is 2.52. The van der Waals surface area contributed by atoms with E-state index in [2.05, 4.69) is 55.7 Å². The lowest BCUT2D eigenvalue weighted by atomic mass is 10.1. The Hall–Kier alpha value is -1.09. The van der Waals surface area contributed by atoms with Gasteiger partial charge in [-0.2, -0.15) is 0 Å². The van der Waals surface area contributed by atoms with Gasteiger partial charge >= 0.3 is 0 Å². The Balaban J connectivity index is 2.37. The molecule has 0 saturated carbocycles. The van der Waals surface area contributed by atoms with Gasteiger partial charge in [-0.3, -0.25) is 0 Å². The zero-order valence-corrected chi connectivity index (χ0v) is 10.3. The van der Waals surface area contributed by atoms with Crippen molar-refractivity contribution in [2.45, 2.75) is 33.4 Å². The molecule has 1 rings (SSSR count). The minimum atomic E-state index is 0.378. The largest absolute Gasteiger partial charge is 0.361 e. The van der Waals surface area contributed by atoms with Gasteiger partial charge in [-0.25, -0.2) is 0 Å². The van der Waals surface area contributed by atoms with Crippen molar-refractivity contribution in [2.75, 3.05) is 0 Å². The Morgan fingerprint density at radius 3 is 2.40 bits per heavy atom. The lowest BCUT2D eigenvalue weighted by Crippen LogP contribution is -2.38. The summed E-state index contributed by atoms with van der Waals surface area (Å²) >= 11 is 5.13. The summed E-state index contributed by atoms with van der Waals surface area (Å²) in [4.78, 5) is 0. The van der Waals surface area contributed by atoms with Gasteiger partial charge in [0.1, 0.15) is 0 Å². The molecule has 82 valence electrons. The molecule has 0 amide bonds. The summed E-state index contributed by atoms with van der Waals surface area (Å²) < 4.78 is 0. The molecule has 0 heterocycles. The predicted molar refractivity (Wildman–Crippen MR) is 68.9 cm³/mol. The highest BCUT2D eigenvalue weighted by atomic mass is 32.1. The van der Waals surface area contributed by atoms with Gasteiger partial charge in [0.15, 0.2) is 5.11 Å². The molecule has 0 aliphatic rings. The average Bonchev–Trinajstić information content (AvgIpc) is 2.16. The van der Waals surface area contributed by atoms with Crippen molar-refractivity contribution in [2.24, 2.45) is 0 Å². The van der Waals surface area contributed by atoms with Crippen molar-refractivity contribution in [3.63, 3.8) is 0 Å². The molecule has 3 heteroatoms. The van der Waals surface area contributed by atoms with Crippen LogP contribution in [-0.4, -0.2) is 11.2 Å². The summed E-state index contributed by atoms with van der Waals surface area (Å²) in [6, 6.07) is 8.81. The number of nitrogens with one attached hydrogen (secondary N) is 2. The fourth-order valence-corrected chi connectivity index (χ4v) is 1.51. The lowest BCUT2D eigenvalue weighted by molar-refractivity contribution is 0.712. The van der Waals surface area contributed by atoms with Crippen molar-refractivity contribution in [1.82, 2.24) is 10.6 Å². The molecule has 0 bridgehead atoms. The normalized spacial score (nSPS) is 10.1. The van der Waals surface area contributed by atoms with Crippen molar-refractivity contribution in [1.29, 1.82) is 0 Å². The van der Waals surface area contributed by atoms with Crippen LogP contribution < -0.4 is 10.6 Å². The molecular formula is C12H18N2S. The maximum atomic E-state index is 5.13. The van der Waals surface area contributed by atoms with Crippen LogP contribution in [0, 0.1) is 6.92 Å². The Kier molecular flexibility index (Phi) is 4.56. The Bertz CT molecular complexity index is 317. The molecule has 0 aliphatic carbocycles. The number of aryl methyl sites for hydroxylation is 1. The Morgan fingerprint density at radius 1 is 1.27 bits per heavy atom. The summed E-state index contributed by atoms with van der Waals surface area (Å²) in [6.07, 6.45) is 0. The van der Waals surface area contributed by atoms with Gasteiger partial charge < -0.3 is 10.6 Å². The zero-order chi connectivity index (χ0) is 11.3. The molecule has 15 heavy (non-hydrogen) atoms. The Morgan fingerprint density at radius 2 is 1.87 bits per heavy atom. The molecule has 1 aromatic rings. The molecule has 0 spiro atoms. The number of rotatable bonds is 3. The van der Waals surface area contributed by atoms with Crippen LogP contribution in [0.1, 0.15) is 25.0 Å². The quantitative estimate of drug-likeness (QED) is 0.768. The highest BCUT2D eigenvalue weighted by Gasteiger charge is 1.97. The highest BCUT2D eigenvalue weighted by Crippen LogP contribution is 2.02. The van der Waals surface area contributed by atoms with E-state index < -0.39 is 0 Å². The highest BCUT2D eigenvalue weighted by molar-refractivity contribution is 7.80. The van der Waals surface area contributed by atoms with E-state index in [1.807, 2.05) is 0 Å². The van der Waals surface area contributed by atoms with Gasteiger partial charge in [0.25, 0.3) is 0 Å². The minimum absolute atomic E-state index is 0.378. The van der Waals surface area contributed by atoms with Gasteiger partial charge in [0, 0.05) is 12.6 Å². The fourth-order valence-electron chi connectivity index (χ4n) is 1.20. The zero-order valence-electron chi connectivity index (χ0n) is 9.50. The smallest absolute Gasteiger partial charge is 0.166 e. The van der Waals surface area contributed by atoms with Gasteiger partial charge in [-0.05, 0) is 38.6 Å². The molecule has 0 unspecified atom stereocenters. The second kappa shape index (κ2) is 5.71. The van der Waals surface area contributed by atoms with Gasteiger partial charge in [0.2, 0.25) is 0 Å². The van der Waals surface area contributed by atoms with Gasteiger partial charge in [0.05, 0.1) is 0 Å². The van der Waals surface area contributed by atoms with Crippen LogP contribution >= 0.6 is 12.2 Å².